The third-order valence-electron chi connectivity index (χ3n) is 5.78. The zero-order valence-electron chi connectivity index (χ0n) is 21.2. The molecule has 2 amide bonds. The number of nitrogens with two attached hydrogens (primary N) is 1. The molecule has 1 saturated heterocycles. The maximum atomic E-state index is 13.4. The van der Waals surface area contributed by atoms with Gasteiger partial charge in [0, 0.05) is 28.9 Å². The quantitative estimate of drug-likeness (QED) is 0.120. The Morgan fingerprint density at radius 3 is 2.71 bits per heavy atom. The van der Waals surface area contributed by atoms with Crippen LogP contribution in [0.5, 0.6) is 5.75 Å². The Morgan fingerprint density at radius 2 is 2.13 bits per heavy atom. The Labute approximate surface area is 224 Å². The summed E-state index contributed by atoms with van der Waals surface area (Å²) in [7, 11) is 1.38. The first kappa shape index (κ1) is 29.1. The largest absolute Gasteiger partial charge is 0.494 e. The lowest BCUT2D eigenvalue weighted by molar-refractivity contribution is -0.125. The Kier molecular flexibility index (Phi) is 10.6. The summed E-state index contributed by atoms with van der Waals surface area (Å²) < 4.78 is 37.3. The van der Waals surface area contributed by atoms with E-state index in [-0.39, 0.29) is 34.8 Å². The van der Waals surface area contributed by atoms with Crippen LogP contribution in [0, 0.1) is 5.92 Å². The first-order valence-corrected chi connectivity index (χ1v) is 12.9. The van der Waals surface area contributed by atoms with Gasteiger partial charge < -0.3 is 25.5 Å². The number of amides is 2. The Bertz CT molecular complexity index is 1180. The van der Waals surface area contributed by atoms with Crippen molar-refractivity contribution in [3.05, 3.63) is 54.4 Å². The molecule has 1 aliphatic carbocycles. The number of hydrogen-bond donors (Lipinski definition) is 2. The number of hydrazone groups is 1. The summed E-state index contributed by atoms with van der Waals surface area (Å²) in [5, 5.41) is 5.81. The summed E-state index contributed by atoms with van der Waals surface area (Å²) >= 11 is 1.19. The van der Waals surface area contributed by atoms with Gasteiger partial charge in [-0.3, -0.25) is 14.6 Å². The molecule has 2 aromatic rings. The van der Waals surface area contributed by atoms with Gasteiger partial charge in [0.2, 0.25) is 0 Å². The van der Waals surface area contributed by atoms with E-state index in [9.17, 15) is 18.4 Å². The molecule has 1 aromatic heterocycles. The predicted octanol–water partition coefficient (Wildman–Crippen LogP) is 4.35. The van der Waals surface area contributed by atoms with E-state index in [2.05, 4.69) is 22.0 Å². The number of halogens is 2. The summed E-state index contributed by atoms with van der Waals surface area (Å²) in [5.74, 6) is 5.51. The van der Waals surface area contributed by atoms with Gasteiger partial charge in [-0.2, -0.15) is 5.10 Å². The number of nitrogens with one attached hydrogen (secondary N) is 1. The minimum absolute atomic E-state index is 0.0664. The summed E-state index contributed by atoms with van der Waals surface area (Å²) in [5.41, 5.74) is 2.20. The van der Waals surface area contributed by atoms with Crippen LogP contribution in [0.25, 0.3) is 11.1 Å². The van der Waals surface area contributed by atoms with Gasteiger partial charge in [0.25, 0.3) is 18.2 Å². The van der Waals surface area contributed by atoms with Gasteiger partial charge in [0.1, 0.15) is 18.1 Å². The molecule has 12 heteroatoms. The number of allylic oxidation sites excluding steroid dienone is 1. The SMILES string of the molecule is C=CC1CC1.COc1cnc(C(F)F)cc1-c1cc(N2CCOCC2=O)ccc1C(=O)NC(C)S/C=N\N. The predicted molar refractivity (Wildman–Crippen MR) is 144 cm³/mol. The molecular formula is C26H31F2N5O4S. The van der Waals surface area contributed by atoms with Gasteiger partial charge in [-0.1, -0.05) is 17.8 Å². The zero-order valence-corrected chi connectivity index (χ0v) is 22.0. The third-order valence-corrected chi connectivity index (χ3v) is 6.55. The Morgan fingerprint density at radius 1 is 1.37 bits per heavy atom. The number of alkyl halides is 2. The molecule has 0 bridgehead atoms. The van der Waals surface area contributed by atoms with E-state index in [1.807, 2.05) is 6.08 Å². The van der Waals surface area contributed by atoms with Gasteiger partial charge in [-0.25, -0.2) is 8.78 Å². The topological polar surface area (TPSA) is 119 Å². The number of carbonyl (C=O) groups excluding carboxylic acids is 2. The van der Waals surface area contributed by atoms with E-state index < -0.39 is 18.0 Å². The number of methoxy groups -OCH3 is 1. The van der Waals surface area contributed by atoms with Crippen molar-refractivity contribution in [1.29, 1.82) is 0 Å². The van der Waals surface area contributed by atoms with Crippen LogP contribution >= 0.6 is 11.8 Å². The van der Waals surface area contributed by atoms with Crippen molar-refractivity contribution in [2.75, 3.05) is 31.8 Å². The van der Waals surface area contributed by atoms with E-state index in [1.165, 1.54) is 54.4 Å². The molecule has 38 heavy (non-hydrogen) atoms. The molecule has 1 aromatic carbocycles. The van der Waals surface area contributed by atoms with Crippen LogP contribution in [-0.4, -0.2) is 54.6 Å². The summed E-state index contributed by atoms with van der Waals surface area (Å²) in [6, 6.07) is 5.95. The molecule has 0 spiro atoms. The summed E-state index contributed by atoms with van der Waals surface area (Å²) in [6.07, 6.45) is 3.18. The highest BCUT2D eigenvalue weighted by molar-refractivity contribution is 8.12. The van der Waals surface area contributed by atoms with Crippen LogP contribution in [-0.2, 0) is 9.53 Å². The maximum Gasteiger partial charge on any atom is 0.280 e. The lowest BCUT2D eigenvalue weighted by atomic mass is 9.97. The van der Waals surface area contributed by atoms with Gasteiger partial charge in [-0.05, 0) is 49.9 Å². The van der Waals surface area contributed by atoms with Crippen molar-refractivity contribution in [2.24, 2.45) is 16.9 Å². The van der Waals surface area contributed by atoms with Gasteiger partial charge >= 0.3 is 0 Å². The lowest BCUT2D eigenvalue weighted by Gasteiger charge is -2.28. The maximum absolute atomic E-state index is 13.4. The monoisotopic (exact) mass is 547 g/mol. The summed E-state index contributed by atoms with van der Waals surface area (Å²) in [6.45, 7) is 5.98. The van der Waals surface area contributed by atoms with E-state index >= 15 is 0 Å². The molecule has 2 heterocycles. The highest BCUT2D eigenvalue weighted by atomic mass is 32.2. The normalized spacial score (nSPS) is 16.1. The molecule has 9 nitrogen and oxygen atoms in total. The van der Waals surface area contributed by atoms with E-state index in [0.717, 1.165) is 5.92 Å². The van der Waals surface area contributed by atoms with E-state index in [4.69, 9.17) is 15.3 Å². The van der Waals surface area contributed by atoms with E-state index in [0.29, 0.717) is 24.4 Å². The van der Waals surface area contributed by atoms with Crippen LogP contribution in [0.4, 0.5) is 14.5 Å². The number of benzene rings is 1. The standard InChI is InChI=1S/C21H23F2N5O4S.C5H8/c1-12(33-11-26-24)27-21(30)14-4-3-13(28-5-6-32-10-19(28)29)7-15(14)16-8-17(20(22)23)25-9-18(16)31-2;1-2-5-3-4-5/h3-4,7-9,11-12,20H,5-6,10,24H2,1-2H3,(H,27,30);2,5H,1,3-4H2/b26-11-;. The molecule has 2 aliphatic rings. The fourth-order valence-electron chi connectivity index (χ4n) is 3.62. The number of ether oxygens (including phenoxy) is 2. The van der Waals surface area contributed by atoms with Crippen molar-refractivity contribution in [3.63, 3.8) is 0 Å². The number of pyridine rings is 1. The molecule has 2 fully saturated rings. The van der Waals surface area contributed by atoms with Gasteiger partial charge in [0.05, 0.1) is 30.8 Å². The van der Waals surface area contributed by atoms with Crippen LogP contribution in [0.15, 0.2) is 48.2 Å². The number of carbonyl (C=O) groups is 2. The second kappa shape index (κ2) is 13.9. The highest BCUT2D eigenvalue weighted by Crippen LogP contribution is 2.37. The van der Waals surface area contributed by atoms with Crippen LogP contribution in [0.2, 0.25) is 0 Å². The number of aromatic nitrogens is 1. The van der Waals surface area contributed by atoms with Crippen LogP contribution in [0.1, 0.15) is 42.2 Å². The smallest absolute Gasteiger partial charge is 0.280 e. The second-order valence-corrected chi connectivity index (χ2v) is 9.71. The number of rotatable bonds is 9. The van der Waals surface area contributed by atoms with Crippen molar-refractivity contribution >= 4 is 34.8 Å². The van der Waals surface area contributed by atoms with Crippen LogP contribution < -0.4 is 20.8 Å². The average Bonchev–Trinajstić information content (AvgIpc) is 3.77. The third kappa shape index (κ3) is 7.75. The molecule has 204 valence electrons. The number of anilines is 1. The number of nitrogens with zero attached hydrogens (tertiary/aromatic N) is 3. The highest BCUT2D eigenvalue weighted by Gasteiger charge is 2.25. The fourth-order valence-corrected chi connectivity index (χ4v) is 4.05. The lowest BCUT2D eigenvalue weighted by Crippen LogP contribution is -2.41. The summed E-state index contributed by atoms with van der Waals surface area (Å²) in [4.78, 5) is 30.7. The molecule has 1 atom stereocenters. The minimum Gasteiger partial charge on any atom is -0.494 e. The molecule has 0 radical (unpaired) electrons. The van der Waals surface area contributed by atoms with Crippen molar-refractivity contribution in [3.8, 4) is 16.9 Å². The molecule has 1 saturated carbocycles. The zero-order chi connectivity index (χ0) is 27.7. The van der Waals surface area contributed by atoms with Crippen LogP contribution in [0.3, 0.4) is 0 Å². The molecule has 4 rings (SSSR count). The number of morpholine rings is 1. The molecule has 3 N–H and O–H groups in total. The molecule has 1 aliphatic heterocycles. The first-order valence-electron chi connectivity index (χ1n) is 11.9. The molecule has 1 unspecified atom stereocenters. The fraction of sp³-hybridized carbons (Fsp3) is 0.385. The van der Waals surface area contributed by atoms with Crippen molar-refractivity contribution in [1.82, 2.24) is 10.3 Å². The number of thioether (sulfide) groups is 1. The minimum atomic E-state index is -2.82. The Balaban J connectivity index is 0.000000715. The Hall–Kier alpha value is -3.51. The van der Waals surface area contributed by atoms with Gasteiger partial charge in [-0.15, -0.1) is 6.58 Å². The van der Waals surface area contributed by atoms with Gasteiger partial charge in [0.15, 0.2) is 0 Å². The number of hydrogen-bond acceptors (Lipinski definition) is 8. The average molecular weight is 548 g/mol. The van der Waals surface area contributed by atoms with E-state index in [1.54, 1.807) is 25.1 Å². The van der Waals surface area contributed by atoms with Crippen molar-refractivity contribution in [2.45, 2.75) is 31.6 Å². The van der Waals surface area contributed by atoms with Crippen molar-refractivity contribution < 1.29 is 27.8 Å². The second-order valence-electron chi connectivity index (χ2n) is 8.52. The molecular weight excluding hydrogens is 516 g/mol. The first-order chi connectivity index (χ1) is 18.3.